The number of cyclic esters (lactones) is 1. The molecule has 86 heavy (non-hydrogen) atoms. The van der Waals surface area contributed by atoms with Gasteiger partial charge in [-0.1, -0.05) is 94.2 Å². The predicted molar refractivity (Wildman–Crippen MR) is 324 cm³/mol. The number of carbonyl (C=O) groups excluding carboxylic acids is 11. The number of carbonyl (C=O) groups is 11. The molecule has 0 aliphatic carbocycles. The molecule has 3 N–H and O–H groups in total. The van der Waals surface area contributed by atoms with E-state index in [0.717, 1.165) is 0 Å². The summed E-state index contributed by atoms with van der Waals surface area (Å²) in [4.78, 5) is 168. The Kier molecular flexibility index (Phi) is 28.0. The lowest BCUT2D eigenvalue weighted by Gasteiger charge is -2.41. The zero-order valence-electron chi connectivity index (χ0n) is 55.1. The van der Waals surface area contributed by atoms with Gasteiger partial charge < -0.3 is 59.6 Å². The van der Waals surface area contributed by atoms with Crippen LogP contribution < -0.4 is 20.7 Å². The molecule has 11 atom stereocenters. The molecule has 2 fully saturated rings. The van der Waals surface area contributed by atoms with Gasteiger partial charge in [0.15, 0.2) is 6.10 Å². The van der Waals surface area contributed by atoms with Crippen molar-refractivity contribution in [2.75, 3.05) is 55.4 Å². The molecule has 0 saturated carbocycles. The van der Waals surface area contributed by atoms with E-state index >= 15 is 14.4 Å². The van der Waals surface area contributed by atoms with Gasteiger partial charge in [0.25, 0.3) is 5.91 Å². The summed E-state index contributed by atoms with van der Waals surface area (Å²) in [5.74, 6) is -9.55. The normalized spacial score (nSPS) is 25.9. The van der Waals surface area contributed by atoms with E-state index in [4.69, 9.17) is 14.2 Å². The van der Waals surface area contributed by atoms with E-state index in [9.17, 15) is 38.4 Å². The SMILES string of the molecule is CC[C@H](C)[C@H]1C(=O)NCC(=O)N(C)[C@@H](C(C)C)C(=O)N[C@@H](Cc2ccc(OC)cc2)C(=O)O[C@H](C)C(=O)N2CCCC[C@H]2C(=O)N(C)[C@@H](C(C)C)C(=O)N[C@@H](C(C)C)C(=O)N(C)[C@@H](CCCC(=O)OC(C)(C)C)C(=O)N(C)[C@@H]([C@@H](C)CC)C(=O)N1C. The standard InChI is InChI=1S/C63H103N9O14/c1-21-39(9)52-54(75)64-35-47(73)68(16)50(37(5)6)55(76)65-44(34-42-29-31-43(84-20)32-30-42)62(83)85-41(11)57(78)72-33-24-23-26-46(72)59(80)69(17)51(38(7)8)56(77)66-49(36(3)4)60(81)67(15)45(27-25-28-48(74)86-63(12,13)14)58(79)71(19)53(40(10)22-2)61(82)70(52)18/h29-32,36-41,44-46,49-53H,21-28,33-35H2,1-20H3,(H,64,75)(H,65,76)(H,66,77)/t39-,40-,41+,44-,45-,46-,49-,50-,51-,52-,53-/m0/s1. The second kappa shape index (κ2) is 32.8. The first-order valence-corrected chi connectivity index (χ1v) is 30.6. The van der Waals surface area contributed by atoms with Gasteiger partial charge in [-0.05, 0) is 107 Å². The second-order valence-electron chi connectivity index (χ2n) is 25.5. The van der Waals surface area contributed by atoms with Gasteiger partial charge in [-0.25, -0.2) is 4.79 Å². The summed E-state index contributed by atoms with van der Waals surface area (Å²) < 4.78 is 16.8. The van der Waals surface area contributed by atoms with Crippen molar-refractivity contribution in [2.45, 2.75) is 215 Å². The van der Waals surface area contributed by atoms with Crippen LogP contribution in [-0.2, 0) is 68.6 Å². The number of benzene rings is 1. The molecule has 2 heterocycles. The molecule has 0 spiro atoms. The Balaban J connectivity index is 2.30. The smallest absolute Gasteiger partial charge is 0.329 e. The summed E-state index contributed by atoms with van der Waals surface area (Å²) in [6.45, 7) is 23.7. The monoisotopic (exact) mass is 1210 g/mol. The maximum Gasteiger partial charge on any atom is 0.329 e. The van der Waals surface area contributed by atoms with Crippen LogP contribution >= 0.6 is 0 Å². The number of fused-ring (bicyclic) bond motifs is 1. The van der Waals surface area contributed by atoms with Crippen molar-refractivity contribution < 1.29 is 67.0 Å². The van der Waals surface area contributed by atoms with Crippen LogP contribution in [0.25, 0.3) is 0 Å². The van der Waals surface area contributed by atoms with Crippen LogP contribution in [0.1, 0.15) is 154 Å². The first-order chi connectivity index (χ1) is 40.1. The Morgan fingerprint density at radius 3 is 1.71 bits per heavy atom. The second-order valence-corrected chi connectivity index (χ2v) is 25.5. The summed E-state index contributed by atoms with van der Waals surface area (Å²) in [5, 5.41) is 8.38. The molecule has 2 saturated heterocycles. The average Bonchev–Trinajstić information content (AvgIpc) is 1.38. The molecule has 2 aliphatic heterocycles. The van der Waals surface area contributed by atoms with Crippen molar-refractivity contribution in [3.8, 4) is 5.75 Å². The number of piperidine rings is 1. The van der Waals surface area contributed by atoms with E-state index in [-0.39, 0.29) is 38.6 Å². The topological polar surface area (TPSA) is 271 Å². The van der Waals surface area contributed by atoms with Gasteiger partial charge in [-0.3, -0.25) is 47.9 Å². The Bertz CT molecular complexity index is 2530. The van der Waals surface area contributed by atoms with Crippen molar-refractivity contribution in [3.05, 3.63) is 29.8 Å². The summed E-state index contributed by atoms with van der Waals surface area (Å²) in [6.07, 6.45) is 0.448. The molecule has 0 aromatic heterocycles. The first kappa shape index (κ1) is 73.4. The lowest BCUT2D eigenvalue weighted by molar-refractivity contribution is -0.165. The van der Waals surface area contributed by atoms with Crippen LogP contribution in [0, 0.1) is 29.6 Å². The molecule has 23 nitrogen and oxygen atoms in total. The van der Waals surface area contributed by atoms with Crippen molar-refractivity contribution in [1.29, 1.82) is 0 Å². The number of ether oxygens (including phenoxy) is 3. The zero-order chi connectivity index (χ0) is 65.4. The highest BCUT2D eigenvalue weighted by molar-refractivity contribution is 5.99. The van der Waals surface area contributed by atoms with Gasteiger partial charge in [-0.2, -0.15) is 0 Å². The molecule has 3 rings (SSSR count). The molecule has 0 unspecified atom stereocenters. The third-order valence-electron chi connectivity index (χ3n) is 16.7. The minimum atomic E-state index is -1.47. The van der Waals surface area contributed by atoms with E-state index in [1.54, 1.807) is 100 Å². The molecule has 23 heteroatoms. The van der Waals surface area contributed by atoms with Crippen molar-refractivity contribution in [2.24, 2.45) is 29.6 Å². The lowest BCUT2D eigenvalue weighted by Crippen LogP contribution is -2.63. The maximum absolute atomic E-state index is 15.3. The predicted octanol–water partition coefficient (Wildman–Crippen LogP) is 4.36. The highest BCUT2D eigenvalue weighted by Crippen LogP contribution is 2.27. The van der Waals surface area contributed by atoms with Crippen molar-refractivity contribution in [1.82, 2.24) is 45.3 Å². The van der Waals surface area contributed by atoms with Crippen LogP contribution in [0.5, 0.6) is 5.75 Å². The number of hydrogen-bond donors (Lipinski definition) is 3. The summed E-state index contributed by atoms with van der Waals surface area (Å²) in [5.41, 5.74) is -0.209. The van der Waals surface area contributed by atoms with Gasteiger partial charge in [0.1, 0.15) is 59.7 Å². The summed E-state index contributed by atoms with van der Waals surface area (Å²) >= 11 is 0. The Morgan fingerprint density at radius 1 is 0.640 bits per heavy atom. The minimum absolute atomic E-state index is 0.0645. The highest BCUT2D eigenvalue weighted by Gasteiger charge is 2.45. The summed E-state index contributed by atoms with van der Waals surface area (Å²) in [6, 6.07) is -3.04. The zero-order valence-corrected chi connectivity index (χ0v) is 55.1. The van der Waals surface area contributed by atoms with Crippen molar-refractivity contribution >= 4 is 65.1 Å². The van der Waals surface area contributed by atoms with E-state index in [2.05, 4.69) is 16.0 Å². The van der Waals surface area contributed by atoms with E-state index in [1.807, 2.05) is 13.8 Å². The van der Waals surface area contributed by atoms with Crippen LogP contribution in [0.15, 0.2) is 24.3 Å². The Labute approximate surface area is 511 Å². The van der Waals surface area contributed by atoms with Crippen LogP contribution in [-0.4, -0.2) is 210 Å². The van der Waals surface area contributed by atoms with Crippen LogP contribution in [0.4, 0.5) is 0 Å². The summed E-state index contributed by atoms with van der Waals surface area (Å²) in [7, 11) is 8.68. The van der Waals surface area contributed by atoms with Crippen LogP contribution in [0.2, 0.25) is 0 Å². The first-order valence-electron chi connectivity index (χ1n) is 30.6. The third-order valence-corrected chi connectivity index (χ3v) is 16.7. The van der Waals surface area contributed by atoms with Gasteiger partial charge in [0.2, 0.25) is 47.3 Å². The number of amides is 9. The number of nitrogens with one attached hydrogen (secondary N) is 3. The molecule has 1 aromatic rings. The van der Waals surface area contributed by atoms with Crippen molar-refractivity contribution in [3.63, 3.8) is 0 Å². The molecule has 0 bridgehead atoms. The molecular weight excluding hydrogens is 1110 g/mol. The molecular formula is C63H103N9O14. The highest BCUT2D eigenvalue weighted by atomic mass is 16.6. The fourth-order valence-electron chi connectivity index (χ4n) is 11.4. The fraction of sp³-hybridized carbons (Fsp3) is 0.730. The Hall–Kier alpha value is -6.81. The van der Waals surface area contributed by atoms with E-state index in [1.165, 1.54) is 78.7 Å². The number of likely N-dealkylation sites (N-methyl/N-ethyl adjacent to an activating group) is 5. The minimum Gasteiger partial charge on any atom is -0.497 e. The number of methoxy groups -OCH3 is 1. The number of rotatable bonds is 14. The average molecular weight is 1210 g/mol. The van der Waals surface area contributed by atoms with Gasteiger partial charge in [0.05, 0.1) is 13.7 Å². The number of hydrogen-bond acceptors (Lipinski definition) is 14. The molecule has 0 radical (unpaired) electrons. The largest absolute Gasteiger partial charge is 0.497 e. The van der Waals surface area contributed by atoms with E-state index in [0.29, 0.717) is 37.0 Å². The van der Waals surface area contributed by atoms with Gasteiger partial charge in [-0.15, -0.1) is 0 Å². The third kappa shape index (κ3) is 19.3. The maximum atomic E-state index is 15.3. The number of nitrogens with zero attached hydrogens (tertiary/aromatic N) is 6. The fourth-order valence-corrected chi connectivity index (χ4v) is 11.4. The van der Waals surface area contributed by atoms with Gasteiger partial charge >= 0.3 is 11.9 Å². The molecule has 2 aliphatic rings. The Morgan fingerprint density at radius 2 is 1.17 bits per heavy atom. The van der Waals surface area contributed by atoms with Crippen LogP contribution in [0.3, 0.4) is 0 Å². The quantitative estimate of drug-likeness (QED) is 0.219. The number of esters is 2. The molecule has 1 aromatic carbocycles. The van der Waals surface area contributed by atoms with Gasteiger partial charge in [0, 0.05) is 54.6 Å². The van der Waals surface area contributed by atoms with E-state index < -0.39 is 161 Å². The lowest BCUT2D eigenvalue weighted by atomic mass is 9.92. The molecule has 484 valence electrons. The molecule has 9 amide bonds.